The average molecular weight is 168 g/mol. The third-order valence-electron chi connectivity index (χ3n) is 0.595. The van der Waals surface area contributed by atoms with Gasteiger partial charge in [-0.25, -0.2) is 0 Å². The third-order valence-corrected chi connectivity index (χ3v) is 2.99. The second kappa shape index (κ2) is 7.80. The van der Waals surface area contributed by atoms with Gasteiger partial charge in [0.15, 0.2) is 8.46 Å². The van der Waals surface area contributed by atoms with Crippen LogP contribution in [0.1, 0.15) is 6.42 Å². The first-order chi connectivity index (χ1) is 3.91. The predicted octanol–water partition coefficient (Wildman–Crippen LogP) is 2.68. The van der Waals surface area contributed by atoms with Crippen LogP contribution in [0.3, 0.4) is 0 Å². The van der Waals surface area contributed by atoms with Gasteiger partial charge < -0.3 is 0 Å². The van der Waals surface area contributed by atoms with Crippen molar-refractivity contribution in [2.24, 2.45) is 0 Å². The average Bonchev–Trinajstić information content (AvgIpc) is 1.81. The molecule has 0 rings (SSSR count). The molecule has 0 saturated carbocycles. The second-order valence-corrected chi connectivity index (χ2v) is 4.58. The van der Waals surface area contributed by atoms with Crippen LogP contribution >= 0.6 is 30.0 Å². The molecule has 0 aromatic rings. The fourth-order valence-electron chi connectivity index (χ4n) is 0.271. The Morgan fingerprint density at radius 1 is 1.62 bits per heavy atom. The van der Waals surface area contributed by atoms with E-state index < -0.39 is 0 Å². The van der Waals surface area contributed by atoms with E-state index in [2.05, 4.69) is 6.26 Å². The molecule has 0 fully saturated rings. The highest BCUT2D eigenvalue weighted by Crippen LogP contribution is 2.17. The van der Waals surface area contributed by atoms with Gasteiger partial charge in [0.2, 0.25) is 0 Å². The Hall–Kier alpha value is 0.800. The van der Waals surface area contributed by atoms with E-state index >= 15 is 0 Å². The summed E-state index contributed by atoms with van der Waals surface area (Å²) in [6.45, 7) is 0. The summed E-state index contributed by atoms with van der Waals surface area (Å²) in [5, 5.41) is 0. The molecule has 0 unspecified atom stereocenters. The summed E-state index contributed by atoms with van der Waals surface area (Å²) in [5.74, 6) is 1.12. The topological polar surface area (TPSA) is 17.1 Å². The van der Waals surface area contributed by atoms with Crippen LogP contribution in [0.5, 0.6) is 0 Å². The Balaban J connectivity index is 2.62. The molecular formula is C4H9OPS2. The smallest absolute Gasteiger partial charge is 0.155 e. The van der Waals surface area contributed by atoms with Crippen LogP contribution in [0.2, 0.25) is 0 Å². The molecule has 0 aromatic carbocycles. The minimum Gasteiger partial charge on any atom is -0.275 e. The maximum atomic E-state index is 9.85. The van der Waals surface area contributed by atoms with Crippen molar-refractivity contribution in [1.82, 2.24) is 0 Å². The summed E-state index contributed by atoms with van der Waals surface area (Å²) >= 11 is 0. The van der Waals surface area contributed by atoms with Gasteiger partial charge in [-0.15, -0.1) is 0 Å². The summed E-state index contributed by atoms with van der Waals surface area (Å²) < 4.78 is 9.85. The van der Waals surface area contributed by atoms with E-state index in [9.17, 15) is 4.57 Å². The summed E-state index contributed by atoms with van der Waals surface area (Å²) in [7, 11) is 3.87. The van der Waals surface area contributed by atoms with Gasteiger partial charge in [-0.2, -0.15) is 0 Å². The largest absolute Gasteiger partial charge is 0.275 e. The van der Waals surface area contributed by atoms with Crippen LogP contribution in [0.15, 0.2) is 0 Å². The van der Waals surface area contributed by atoms with Crippen LogP contribution in [-0.4, -0.2) is 18.2 Å². The van der Waals surface area contributed by atoms with Gasteiger partial charge in [0, 0.05) is 11.9 Å². The van der Waals surface area contributed by atoms with Crippen LogP contribution in [0.4, 0.5) is 0 Å². The molecule has 0 radical (unpaired) electrons. The van der Waals surface area contributed by atoms with Crippen LogP contribution in [-0.2, 0) is 4.57 Å². The predicted molar refractivity (Wildman–Crippen MR) is 43.1 cm³/mol. The van der Waals surface area contributed by atoms with Gasteiger partial charge in [-0.1, -0.05) is 21.6 Å². The Morgan fingerprint density at radius 2 is 2.38 bits per heavy atom. The molecule has 0 aliphatic rings. The lowest BCUT2D eigenvalue weighted by atomic mass is 10.6. The van der Waals surface area contributed by atoms with E-state index in [0.29, 0.717) is 0 Å². The summed E-state index contributed by atoms with van der Waals surface area (Å²) in [6, 6.07) is 0. The first kappa shape index (κ1) is 8.80. The summed E-state index contributed by atoms with van der Waals surface area (Å²) in [4.78, 5) is 0. The fourth-order valence-corrected chi connectivity index (χ4v) is 2.05. The van der Waals surface area contributed by atoms with Gasteiger partial charge >= 0.3 is 0 Å². The van der Waals surface area contributed by atoms with E-state index in [1.165, 1.54) is 0 Å². The Morgan fingerprint density at radius 3 is 2.88 bits per heavy atom. The van der Waals surface area contributed by atoms with E-state index in [1.54, 1.807) is 10.8 Å². The zero-order valence-corrected chi connectivity index (χ0v) is 7.32. The van der Waals surface area contributed by atoms with Gasteiger partial charge in [0.25, 0.3) is 0 Å². The van der Waals surface area contributed by atoms with Gasteiger partial charge in [0.05, 0.1) is 0 Å². The molecule has 0 spiro atoms. The molecule has 8 heavy (non-hydrogen) atoms. The first-order valence-corrected chi connectivity index (χ1v) is 6.09. The molecule has 0 aliphatic heterocycles. The van der Waals surface area contributed by atoms with Crippen molar-refractivity contribution in [3.05, 3.63) is 0 Å². The molecule has 0 N–H and O–H groups in total. The number of hydrogen-bond donors (Lipinski definition) is 0. The lowest BCUT2D eigenvalue weighted by molar-refractivity contribution is 0.598. The van der Waals surface area contributed by atoms with Crippen molar-refractivity contribution in [3.8, 4) is 0 Å². The van der Waals surface area contributed by atoms with Gasteiger partial charge in [-0.3, -0.25) is 4.57 Å². The molecule has 0 aliphatic carbocycles. The quantitative estimate of drug-likeness (QED) is 0.357. The van der Waals surface area contributed by atoms with E-state index in [1.807, 2.05) is 10.8 Å². The van der Waals surface area contributed by atoms with E-state index in [4.69, 9.17) is 0 Å². The Labute approximate surface area is 59.6 Å². The molecule has 0 saturated heterocycles. The molecule has 0 bridgehead atoms. The molecular weight excluding hydrogens is 159 g/mol. The van der Waals surface area contributed by atoms with Gasteiger partial charge in [0.1, 0.15) is 0 Å². The maximum absolute atomic E-state index is 9.85. The zero-order chi connectivity index (χ0) is 6.24. The van der Waals surface area contributed by atoms with E-state index in [0.717, 1.165) is 18.3 Å². The number of rotatable bonds is 5. The molecule has 0 heterocycles. The highest BCUT2D eigenvalue weighted by molar-refractivity contribution is 8.76. The zero-order valence-electron chi connectivity index (χ0n) is 4.79. The highest BCUT2D eigenvalue weighted by atomic mass is 33.1. The fraction of sp³-hybridized carbons (Fsp3) is 1.00. The molecule has 1 nitrogen and oxygen atoms in total. The second-order valence-electron chi connectivity index (χ2n) is 1.19. The minimum absolute atomic E-state index is 0.288. The summed E-state index contributed by atoms with van der Waals surface area (Å²) in [5.41, 5.74) is 0. The monoisotopic (exact) mass is 168 g/mol. The molecule has 0 atom stereocenters. The molecule has 0 aromatic heterocycles. The minimum atomic E-state index is 0.288. The van der Waals surface area contributed by atoms with Crippen LogP contribution < -0.4 is 0 Å². The molecule has 48 valence electrons. The van der Waals surface area contributed by atoms with Gasteiger partial charge in [-0.05, 0) is 12.7 Å². The van der Waals surface area contributed by atoms with Crippen molar-refractivity contribution in [2.75, 3.05) is 18.2 Å². The molecule has 4 heteroatoms. The van der Waals surface area contributed by atoms with Crippen LogP contribution in [0.25, 0.3) is 0 Å². The van der Waals surface area contributed by atoms with Crippen molar-refractivity contribution in [1.29, 1.82) is 0 Å². The Bertz CT molecular complexity index is 60.0. The normalized spacial score (nSPS) is 10.1. The molecule has 0 amide bonds. The van der Waals surface area contributed by atoms with Crippen LogP contribution in [0, 0.1) is 0 Å². The lowest BCUT2D eigenvalue weighted by Gasteiger charge is -1.89. The SMILES string of the molecule is CSSCCCP=O. The highest BCUT2D eigenvalue weighted by Gasteiger charge is 1.85. The Kier molecular flexibility index (Phi) is 8.58. The van der Waals surface area contributed by atoms with Crippen molar-refractivity contribution in [2.45, 2.75) is 6.42 Å². The van der Waals surface area contributed by atoms with E-state index in [-0.39, 0.29) is 8.46 Å². The third kappa shape index (κ3) is 6.80. The number of hydrogen-bond acceptors (Lipinski definition) is 3. The lowest BCUT2D eigenvalue weighted by Crippen LogP contribution is -1.75. The van der Waals surface area contributed by atoms with Crippen molar-refractivity contribution < 1.29 is 4.57 Å². The van der Waals surface area contributed by atoms with Crippen molar-refractivity contribution >= 4 is 30.0 Å². The standard InChI is InChI=1S/C4H9OPS2/c1-7-8-4-2-3-6-5/h2-4H2,1H3. The van der Waals surface area contributed by atoms with Crippen molar-refractivity contribution in [3.63, 3.8) is 0 Å². The maximum Gasteiger partial charge on any atom is 0.155 e. The summed E-state index contributed by atoms with van der Waals surface area (Å²) in [6.07, 6.45) is 3.93. The first-order valence-electron chi connectivity index (χ1n) is 2.36.